The van der Waals surface area contributed by atoms with Gasteiger partial charge in [-0.3, -0.25) is 14.9 Å². The van der Waals surface area contributed by atoms with E-state index in [0.29, 0.717) is 12.2 Å². The highest BCUT2D eigenvalue weighted by atomic mass is 32.2. The molecule has 0 N–H and O–H groups in total. The van der Waals surface area contributed by atoms with Gasteiger partial charge in [0.05, 0.1) is 31.6 Å². The van der Waals surface area contributed by atoms with Gasteiger partial charge in [-0.05, 0) is 24.3 Å². The maximum Gasteiger partial charge on any atom is 0.306 e. The van der Waals surface area contributed by atoms with Gasteiger partial charge >= 0.3 is 5.97 Å². The molecule has 1 fully saturated rings. The van der Waals surface area contributed by atoms with Gasteiger partial charge in [0.2, 0.25) is 0 Å². The summed E-state index contributed by atoms with van der Waals surface area (Å²) in [5.41, 5.74) is -0.00929. The molecular formula is C14H17NO5S. The van der Waals surface area contributed by atoms with Gasteiger partial charge in [0.15, 0.2) is 0 Å². The molecule has 21 heavy (non-hydrogen) atoms. The van der Waals surface area contributed by atoms with Crippen molar-refractivity contribution in [1.82, 2.24) is 0 Å². The lowest BCUT2D eigenvalue weighted by Crippen LogP contribution is -2.12. The van der Waals surface area contributed by atoms with E-state index in [9.17, 15) is 14.9 Å². The van der Waals surface area contributed by atoms with Crippen molar-refractivity contribution in [3.63, 3.8) is 0 Å². The molecule has 1 saturated carbocycles. The first-order chi connectivity index (χ1) is 9.98. The van der Waals surface area contributed by atoms with Gasteiger partial charge in [0, 0.05) is 16.7 Å². The van der Waals surface area contributed by atoms with Crippen LogP contribution in [0.25, 0.3) is 0 Å². The molecule has 7 heteroatoms. The Kier molecular flexibility index (Phi) is 4.72. The number of carbonyl (C=O) groups is 1. The Morgan fingerprint density at radius 2 is 2.10 bits per heavy atom. The SMILES string of the molecule is COC(=O)CC1(CSc2cc(OC)cc([N+](=O)[O-])c2)CC1. The summed E-state index contributed by atoms with van der Waals surface area (Å²) in [7, 11) is 2.87. The summed E-state index contributed by atoms with van der Waals surface area (Å²) in [5, 5.41) is 10.9. The summed E-state index contributed by atoms with van der Waals surface area (Å²) in [4.78, 5) is 22.6. The van der Waals surface area contributed by atoms with Crippen molar-refractivity contribution in [2.24, 2.45) is 5.41 Å². The summed E-state index contributed by atoms with van der Waals surface area (Å²) in [6.07, 6.45) is 2.38. The van der Waals surface area contributed by atoms with Gasteiger partial charge in [-0.25, -0.2) is 0 Å². The highest BCUT2D eigenvalue weighted by molar-refractivity contribution is 7.99. The van der Waals surface area contributed by atoms with Crippen LogP contribution >= 0.6 is 11.8 Å². The molecule has 6 nitrogen and oxygen atoms in total. The second-order valence-corrected chi connectivity index (χ2v) is 6.21. The largest absolute Gasteiger partial charge is 0.496 e. The van der Waals surface area contributed by atoms with Crippen LogP contribution < -0.4 is 4.74 Å². The van der Waals surface area contributed by atoms with Gasteiger partial charge in [0.1, 0.15) is 5.75 Å². The topological polar surface area (TPSA) is 78.7 Å². The first kappa shape index (κ1) is 15.6. The number of thioether (sulfide) groups is 1. The predicted octanol–water partition coefficient (Wildman–Crippen LogP) is 3.04. The Bertz CT molecular complexity index is 556. The van der Waals surface area contributed by atoms with Gasteiger partial charge in [-0.2, -0.15) is 0 Å². The summed E-state index contributed by atoms with van der Waals surface area (Å²) in [6, 6.07) is 4.69. The number of hydrogen-bond acceptors (Lipinski definition) is 6. The average molecular weight is 311 g/mol. The molecule has 0 saturated heterocycles. The summed E-state index contributed by atoms with van der Waals surface area (Å²) >= 11 is 1.51. The number of hydrogen-bond donors (Lipinski definition) is 0. The van der Waals surface area contributed by atoms with E-state index in [1.165, 1.54) is 38.1 Å². The summed E-state index contributed by atoms with van der Waals surface area (Å²) in [5.74, 6) is 1.00. The van der Waals surface area contributed by atoms with E-state index in [1.54, 1.807) is 6.07 Å². The van der Waals surface area contributed by atoms with E-state index in [0.717, 1.165) is 23.5 Å². The Hall–Kier alpha value is -1.76. The minimum absolute atomic E-state index is 0.00895. The number of methoxy groups -OCH3 is 2. The Morgan fingerprint density at radius 3 is 2.62 bits per heavy atom. The molecule has 0 unspecified atom stereocenters. The number of carbonyl (C=O) groups excluding carboxylic acids is 1. The summed E-state index contributed by atoms with van der Waals surface area (Å²) in [6.45, 7) is 0. The molecule has 0 bridgehead atoms. The molecule has 1 aromatic carbocycles. The first-order valence-corrected chi connectivity index (χ1v) is 7.50. The molecule has 0 radical (unpaired) electrons. The quantitative estimate of drug-likeness (QED) is 0.333. The molecule has 114 valence electrons. The summed E-state index contributed by atoms with van der Waals surface area (Å²) < 4.78 is 9.79. The van der Waals surface area contributed by atoms with Gasteiger partial charge < -0.3 is 9.47 Å². The molecule has 0 atom stereocenters. The number of rotatable bonds is 7. The van der Waals surface area contributed by atoms with Crippen molar-refractivity contribution in [3.05, 3.63) is 28.3 Å². The zero-order valence-corrected chi connectivity index (χ0v) is 12.8. The van der Waals surface area contributed by atoms with Crippen LogP contribution in [0.5, 0.6) is 5.75 Å². The Balaban J connectivity index is 2.04. The number of nitro groups is 1. The lowest BCUT2D eigenvalue weighted by Gasteiger charge is -2.13. The fourth-order valence-electron chi connectivity index (χ4n) is 2.03. The average Bonchev–Trinajstić information content (AvgIpc) is 3.24. The highest BCUT2D eigenvalue weighted by Crippen LogP contribution is 2.52. The van der Waals surface area contributed by atoms with Crippen LogP contribution in [0.4, 0.5) is 5.69 Å². The maximum absolute atomic E-state index is 11.4. The van der Waals surface area contributed by atoms with Crippen LogP contribution in [-0.2, 0) is 9.53 Å². The maximum atomic E-state index is 11.4. The zero-order valence-electron chi connectivity index (χ0n) is 12.0. The minimum atomic E-state index is -0.437. The third-order valence-corrected chi connectivity index (χ3v) is 4.89. The minimum Gasteiger partial charge on any atom is -0.496 e. The molecule has 0 heterocycles. The van der Waals surface area contributed by atoms with E-state index in [4.69, 9.17) is 9.47 Å². The van der Waals surface area contributed by atoms with E-state index in [-0.39, 0.29) is 17.1 Å². The lowest BCUT2D eigenvalue weighted by atomic mass is 10.1. The second kappa shape index (κ2) is 6.34. The molecule has 1 aromatic rings. The number of ether oxygens (including phenoxy) is 2. The second-order valence-electron chi connectivity index (χ2n) is 5.17. The lowest BCUT2D eigenvalue weighted by molar-refractivity contribution is -0.385. The van der Waals surface area contributed by atoms with Crippen molar-refractivity contribution >= 4 is 23.4 Å². The van der Waals surface area contributed by atoms with Crippen molar-refractivity contribution in [2.45, 2.75) is 24.2 Å². The zero-order chi connectivity index (χ0) is 15.5. The fourth-order valence-corrected chi connectivity index (χ4v) is 3.29. The molecule has 1 aliphatic rings. The third kappa shape index (κ3) is 4.10. The van der Waals surface area contributed by atoms with Crippen LogP contribution in [0.1, 0.15) is 19.3 Å². The fraction of sp³-hybridized carbons (Fsp3) is 0.500. The molecule has 0 spiro atoms. The Labute approximate surface area is 127 Å². The van der Waals surface area contributed by atoms with E-state index in [2.05, 4.69) is 0 Å². The predicted molar refractivity (Wildman–Crippen MR) is 78.7 cm³/mol. The monoisotopic (exact) mass is 311 g/mol. The molecule has 1 aliphatic carbocycles. The van der Waals surface area contributed by atoms with Crippen LogP contribution in [0, 0.1) is 15.5 Å². The van der Waals surface area contributed by atoms with Gasteiger partial charge in [-0.15, -0.1) is 11.8 Å². The number of benzene rings is 1. The van der Waals surface area contributed by atoms with Crippen molar-refractivity contribution in [3.8, 4) is 5.75 Å². The van der Waals surface area contributed by atoms with Crippen molar-refractivity contribution < 1.29 is 19.2 Å². The van der Waals surface area contributed by atoms with Crippen LogP contribution in [0.2, 0.25) is 0 Å². The van der Waals surface area contributed by atoms with Gasteiger partial charge in [0.25, 0.3) is 5.69 Å². The van der Waals surface area contributed by atoms with E-state index >= 15 is 0 Å². The molecule has 0 aromatic heterocycles. The highest BCUT2D eigenvalue weighted by Gasteiger charge is 2.44. The number of esters is 1. The van der Waals surface area contributed by atoms with Crippen LogP contribution in [0.15, 0.2) is 23.1 Å². The Morgan fingerprint density at radius 1 is 1.38 bits per heavy atom. The van der Waals surface area contributed by atoms with E-state index in [1.807, 2.05) is 0 Å². The number of nitro benzene ring substituents is 1. The molecule has 0 amide bonds. The first-order valence-electron chi connectivity index (χ1n) is 6.51. The molecule has 2 rings (SSSR count). The van der Waals surface area contributed by atoms with Crippen LogP contribution in [-0.4, -0.2) is 30.9 Å². The van der Waals surface area contributed by atoms with Crippen LogP contribution in [0.3, 0.4) is 0 Å². The van der Waals surface area contributed by atoms with E-state index < -0.39 is 4.92 Å². The standard InChI is InChI=1S/C14H17NO5S/c1-19-11-5-10(15(17)18)6-12(7-11)21-9-14(3-4-14)8-13(16)20-2/h5-7H,3-4,8-9H2,1-2H3. The van der Waals surface area contributed by atoms with Crippen molar-refractivity contribution in [2.75, 3.05) is 20.0 Å². The van der Waals surface area contributed by atoms with Crippen molar-refractivity contribution in [1.29, 1.82) is 0 Å². The number of nitrogens with zero attached hydrogens (tertiary/aromatic N) is 1. The smallest absolute Gasteiger partial charge is 0.306 e. The van der Waals surface area contributed by atoms with Gasteiger partial charge in [-0.1, -0.05) is 0 Å². The molecular weight excluding hydrogens is 294 g/mol. The molecule has 0 aliphatic heterocycles. The third-order valence-electron chi connectivity index (χ3n) is 3.56. The number of non-ortho nitro benzene ring substituents is 1. The normalized spacial score (nSPS) is 15.3.